The lowest BCUT2D eigenvalue weighted by Crippen LogP contribution is -2.28. The number of amides is 2. The molecule has 0 spiro atoms. The molecule has 0 bridgehead atoms. The van der Waals surface area contributed by atoms with Gasteiger partial charge in [0, 0.05) is 43.1 Å². The number of carbonyl (C=O) groups excluding carboxylic acids is 2. The van der Waals surface area contributed by atoms with Crippen LogP contribution in [0, 0.1) is 5.92 Å². The number of benzene rings is 2. The van der Waals surface area contributed by atoms with Gasteiger partial charge in [0.25, 0.3) is 0 Å². The van der Waals surface area contributed by atoms with Gasteiger partial charge >= 0.3 is 0 Å². The second kappa shape index (κ2) is 9.12. The summed E-state index contributed by atoms with van der Waals surface area (Å²) in [6.45, 7) is 10.8. The van der Waals surface area contributed by atoms with Crippen LogP contribution in [0.5, 0.6) is 0 Å². The van der Waals surface area contributed by atoms with Gasteiger partial charge in [-0.25, -0.2) is 0 Å². The van der Waals surface area contributed by atoms with E-state index in [1.165, 1.54) is 0 Å². The third kappa shape index (κ3) is 4.61. The Labute approximate surface area is 173 Å². The number of nitrogens with zero attached hydrogens (tertiary/aromatic N) is 2. The van der Waals surface area contributed by atoms with Crippen LogP contribution in [-0.2, 0) is 9.59 Å². The van der Waals surface area contributed by atoms with Crippen LogP contribution in [0.25, 0.3) is 0 Å². The number of nitrogens with one attached hydrogen (secondary N) is 1. The Balaban J connectivity index is 1.69. The predicted molar refractivity (Wildman–Crippen MR) is 120 cm³/mol. The summed E-state index contributed by atoms with van der Waals surface area (Å²) in [5.74, 6) is -0.116. The Morgan fingerprint density at radius 3 is 2.38 bits per heavy atom. The largest absolute Gasteiger partial charge is 0.372 e. The average molecular weight is 394 g/mol. The van der Waals surface area contributed by atoms with Gasteiger partial charge in [-0.1, -0.05) is 32.0 Å². The van der Waals surface area contributed by atoms with Crippen molar-refractivity contribution in [2.24, 2.45) is 5.92 Å². The van der Waals surface area contributed by atoms with E-state index in [1.807, 2.05) is 48.5 Å². The van der Waals surface area contributed by atoms with Crippen molar-refractivity contribution in [3.05, 3.63) is 54.1 Å². The van der Waals surface area contributed by atoms with Crippen LogP contribution in [-0.4, -0.2) is 31.4 Å². The van der Waals surface area contributed by atoms with Crippen LogP contribution in [0.4, 0.5) is 17.1 Å². The zero-order chi connectivity index (χ0) is 21.0. The van der Waals surface area contributed by atoms with E-state index in [0.29, 0.717) is 12.5 Å². The van der Waals surface area contributed by atoms with Gasteiger partial charge in [0.15, 0.2) is 0 Å². The molecule has 1 heterocycles. The van der Waals surface area contributed by atoms with Crippen molar-refractivity contribution in [2.45, 2.75) is 40.0 Å². The summed E-state index contributed by atoms with van der Waals surface area (Å²) in [4.78, 5) is 29.4. The van der Waals surface area contributed by atoms with Gasteiger partial charge in [0.05, 0.1) is 5.92 Å². The molecule has 2 aromatic rings. The highest BCUT2D eigenvalue weighted by atomic mass is 16.2. The van der Waals surface area contributed by atoms with Crippen molar-refractivity contribution in [2.75, 3.05) is 34.8 Å². The molecule has 154 valence electrons. The number of hydrogen-bond donors (Lipinski definition) is 1. The summed E-state index contributed by atoms with van der Waals surface area (Å²) in [6.07, 6.45) is 0.244. The molecule has 0 saturated carbocycles. The molecule has 2 aromatic carbocycles. The molecule has 2 amide bonds. The maximum atomic E-state index is 12.8. The second-order valence-corrected chi connectivity index (χ2v) is 7.83. The van der Waals surface area contributed by atoms with E-state index < -0.39 is 0 Å². The molecule has 3 rings (SSSR count). The van der Waals surface area contributed by atoms with Crippen molar-refractivity contribution < 1.29 is 9.59 Å². The van der Waals surface area contributed by atoms with Gasteiger partial charge in [-0.2, -0.15) is 0 Å². The van der Waals surface area contributed by atoms with Crippen molar-refractivity contribution >= 4 is 28.9 Å². The van der Waals surface area contributed by atoms with E-state index in [-0.39, 0.29) is 24.2 Å². The highest BCUT2D eigenvalue weighted by Gasteiger charge is 2.35. The number of anilines is 3. The molecule has 1 N–H and O–H groups in total. The van der Waals surface area contributed by atoms with Crippen LogP contribution < -0.4 is 15.1 Å². The SMILES string of the molecule is CCN(CC)c1ccc(N2CC(C(=O)Nc3ccccc3C(C)C)CC2=O)cc1. The van der Waals surface area contributed by atoms with E-state index >= 15 is 0 Å². The quantitative estimate of drug-likeness (QED) is 0.745. The first kappa shape index (κ1) is 20.9. The number of carbonyl (C=O) groups is 2. The number of hydrogen-bond acceptors (Lipinski definition) is 3. The zero-order valence-corrected chi connectivity index (χ0v) is 17.8. The highest BCUT2D eigenvalue weighted by Crippen LogP contribution is 2.29. The standard InChI is InChI=1S/C24H31N3O2/c1-5-26(6-2)19-11-13-20(14-12-19)27-16-18(15-23(27)28)24(29)25-22-10-8-7-9-21(22)17(3)4/h7-14,17-18H,5-6,15-16H2,1-4H3,(H,25,29). The minimum absolute atomic E-state index is 0.00196. The molecule has 5 heteroatoms. The van der Waals surface area contributed by atoms with Gasteiger partial charge in [-0.15, -0.1) is 0 Å². The first-order chi connectivity index (χ1) is 13.9. The highest BCUT2D eigenvalue weighted by molar-refractivity contribution is 6.03. The molecule has 1 saturated heterocycles. The molecule has 0 aliphatic carbocycles. The molecular weight excluding hydrogens is 362 g/mol. The number of para-hydroxylation sites is 1. The van der Waals surface area contributed by atoms with Crippen molar-refractivity contribution in [3.63, 3.8) is 0 Å². The predicted octanol–water partition coefficient (Wildman–Crippen LogP) is 4.65. The molecular formula is C24H31N3O2. The van der Waals surface area contributed by atoms with Gasteiger partial charge in [-0.05, 0) is 55.7 Å². The van der Waals surface area contributed by atoms with Gasteiger partial charge in [0.2, 0.25) is 11.8 Å². The molecule has 0 radical (unpaired) electrons. The molecule has 29 heavy (non-hydrogen) atoms. The normalized spacial score (nSPS) is 16.4. The topological polar surface area (TPSA) is 52.6 Å². The van der Waals surface area contributed by atoms with Crippen LogP contribution in [0.15, 0.2) is 48.5 Å². The number of rotatable bonds is 7. The Hall–Kier alpha value is -2.82. The fraction of sp³-hybridized carbons (Fsp3) is 0.417. The van der Waals surface area contributed by atoms with Crippen molar-refractivity contribution in [1.82, 2.24) is 0 Å². The fourth-order valence-corrected chi connectivity index (χ4v) is 3.91. The maximum absolute atomic E-state index is 12.8. The van der Waals surface area contributed by atoms with Crippen LogP contribution >= 0.6 is 0 Å². The van der Waals surface area contributed by atoms with Crippen LogP contribution in [0.3, 0.4) is 0 Å². The average Bonchev–Trinajstić information content (AvgIpc) is 3.11. The second-order valence-electron chi connectivity index (χ2n) is 7.83. The Morgan fingerprint density at radius 2 is 1.76 bits per heavy atom. The summed E-state index contributed by atoms with van der Waals surface area (Å²) in [7, 11) is 0. The molecule has 1 aliphatic rings. The lowest BCUT2D eigenvalue weighted by atomic mass is 10.0. The lowest BCUT2D eigenvalue weighted by Gasteiger charge is -2.23. The van der Waals surface area contributed by atoms with E-state index in [0.717, 1.165) is 35.7 Å². The van der Waals surface area contributed by atoms with Gasteiger partial charge < -0.3 is 15.1 Å². The molecule has 1 unspecified atom stereocenters. The molecule has 5 nitrogen and oxygen atoms in total. The third-order valence-corrected chi connectivity index (χ3v) is 5.63. The van der Waals surface area contributed by atoms with E-state index in [4.69, 9.17) is 0 Å². The first-order valence-electron chi connectivity index (χ1n) is 10.5. The summed E-state index contributed by atoms with van der Waals surface area (Å²) in [6, 6.07) is 15.9. The van der Waals surface area contributed by atoms with Crippen LogP contribution in [0.1, 0.15) is 45.6 Å². The first-order valence-corrected chi connectivity index (χ1v) is 10.5. The van der Waals surface area contributed by atoms with Crippen molar-refractivity contribution in [1.29, 1.82) is 0 Å². The minimum Gasteiger partial charge on any atom is -0.372 e. The van der Waals surface area contributed by atoms with Crippen LogP contribution in [0.2, 0.25) is 0 Å². The summed E-state index contributed by atoms with van der Waals surface area (Å²) in [5.41, 5.74) is 3.93. The van der Waals surface area contributed by atoms with E-state index in [9.17, 15) is 9.59 Å². The van der Waals surface area contributed by atoms with E-state index in [2.05, 4.69) is 37.9 Å². The van der Waals surface area contributed by atoms with Gasteiger partial charge in [-0.3, -0.25) is 9.59 Å². The zero-order valence-electron chi connectivity index (χ0n) is 17.8. The fourth-order valence-electron chi connectivity index (χ4n) is 3.91. The molecule has 1 fully saturated rings. The minimum atomic E-state index is -0.342. The Kier molecular flexibility index (Phi) is 6.57. The third-order valence-electron chi connectivity index (χ3n) is 5.63. The monoisotopic (exact) mass is 393 g/mol. The van der Waals surface area contributed by atoms with E-state index in [1.54, 1.807) is 4.90 Å². The summed E-state index contributed by atoms with van der Waals surface area (Å²) < 4.78 is 0. The van der Waals surface area contributed by atoms with Crippen molar-refractivity contribution in [3.8, 4) is 0 Å². The molecule has 1 atom stereocenters. The Bertz CT molecular complexity index is 857. The lowest BCUT2D eigenvalue weighted by molar-refractivity contribution is -0.122. The summed E-state index contributed by atoms with van der Waals surface area (Å²) in [5, 5.41) is 3.04. The molecule has 1 aliphatic heterocycles. The Morgan fingerprint density at radius 1 is 1.10 bits per heavy atom. The maximum Gasteiger partial charge on any atom is 0.229 e. The van der Waals surface area contributed by atoms with Gasteiger partial charge in [0.1, 0.15) is 0 Å². The molecule has 0 aromatic heterocycles. The smallest absolute Gasteiger partial charge is 0.229 e. The summed E-state index contributed by atoms with van der Waals surface area (Å²) >= 11 is 0.